The number of hydrogen-bond donors (Lipinski definition) is 0. The molecule has 0 amide bonds. The Bertz CT molecular complexity index is 512. The first-order chi connectivity index (χ1) is 6.04. The van der Waals surface area contributed by atoms with E-state index < -0.39 is 17.5 Å². The van der Waals surface area contributed by atoms with Crippen molar-refractivity contribution >= 4 is 11.4 Å². The molecular formula is C10H7F3. The van der Waals surface area contributed by atoms with Crippen LogP contribution in [0, 0.1) is 18.6 Å². The molecule has 0 radical (unpaired) electrons. The standard InChI is InChI=1S/C10H7F3/c1-4-3-6(11)10(13)8-7(4)5(2)9(8)12/h3H,1-2H3. The third-order valence-corrected chi connectivity index (χ3v) is 2.34. The number of fused-ring (bicyclic) bond motifs is 1. The number of rotatable bonds is 0. The van der Waals surface area contributed by atoms with E-state index in [-0.39, 0.29) is 5.22 Å². The zero-order chi connectivity index (χ0) is 9.75. The predicted octanol–water partition coefficient (Wildman–Crippen LogP) is 1.54. The van der Waals surface area contributed by atoms with Crippen LogP contribution in [-0.2, 0) is 0 Å². The van der Waals surface area contributed by atoms with Crippen LogP contribution in [-0.4, -0.2) is 0 Å². The van der Waals surface area contributed by atoms with Crippen LogP contribution < -0.4 is 10.4 Å². The Morgan fingerprint density at radius 3 is 2.23 bits per heavy atom. The molecule has 2 rings (SSSR count). The van der Waals surface area contributed by atoms with Gasteiger partial charge in [-0.05, 0) is 36.3 Å². The van der Waals surface area contributed by atoms with Crippen LogP contribution in [0.25, 0.3) is 11.4 Å². The summed E-state index contributed by atoms with van der Waals surface area (Å²) in [5.74, 6) is -2.70. The molecule has 0 saturated carbocycles. The highest BCUT2D eigenvalue weighted by atomic mass is 19.2. The predicted molar refractivity (Wildman–Crippen MR) is 43.9 cm³/mol. The van der Waals surface area contributed by atoms with Gasteiger partial charge in [-0.3, -0.25) is 0 Å². The van der Waals surface area contributed by atoms with Crippen LogP contribution in [0.5, 0.6) is 0 Å². The summed E-state index contributed by atoms with van der Waals surface area (Å²) in [6.07, 6.45) is 0. The minimum atomic E-state index is -1.08. The van der Waals surface area contributed by atoms with Crippen molar-refractivity contribution in [3.8, 4) is 0 Å². The fourth-order valence-electron chi connectivity index (χ4n) is 1.68. The van der Waals surface area contributed by atoms with Crippen molar-refractivity contribution in [3.63, 3.8) is 0 Å². The molecule has 0 N–H and O–H groups in total. The summed E-state index contributed by atoms with van der Waals surface area (Å²) in [5.41, 5.74) is 0.985. The van der Waals surface area contributed by atoms with Crippen molar-refractivity contribution < 1.29 is 13.2 Å². The molecule has 3 heteroatoms. The third kappa shape index (κ3) is 0.870. The normalized spacial score (nSPS) is 14.2. The van der Waals surface area contributed by atoms with Crippen molar-refractivity contribution in [2.45, 2.75) is 13.8 Å². The maximum absolute atomic E-state index is 13.0. The third-order valence-electron chi connectivity index (χ3n) is 2.34. The molecule has 0 aromatic heterocycles. The molecule has 1 aliphatic carbocycles. The Hall–Kier alpha value is -1.25. The lowest BCUT2D eigenvalue weighted by Gasteiger charge is -2.12. The second kappa shape index (κ2) is 2.37. The van der Waals surface area contributed by atoms with Gasteiger partial charge in [-0.1, -0.05) is 0 Å². The molecule has 0 spiro atoms. The maximum atomic E-state index is 13.0. The lowest BCUT2D eigenvalue weighted by molar-refractivity contribution is 0.496. The number of halogens is 3. The smallest absolute Gasteiger partial charge is 0.169 e. The van der Waals surface area contributed by atoms with Gasteiger partial charge in [0.25, 0.3) is 0 Å². The zero-order valence-electron chi connectivity index (χ0n) is 7.21. The van der Waals surface area contributed by atoms with E-state index in [2.05, 4.69) is 0 Å². The highest BCUT2D eigenvalue weighted by Crippen LogP contribution is 2.17. The molecule has 0 aliphatic heterocycles. The van der Waals surface area contributed by atoms with Gasteiger partial charge in [0.15, 0.2) is 11.6 Å². The van der Waals surface area contributed by atoms with Crippen molar-refractivity contribution in [2.24, 2.45) is 0 Å². The van der Waals surface area contributed by atoms with Crippen LogP contribution >= 0.6 is 0 Å². The van der Waals surface area contributed by atoms with Gasteiger partial charge >= 0.3 is 0 Å². The summed E-state index contributed by atoms with van der Waals surface area (Å²) < 4.78 is 38.8. The van der Waals surface area contributed by atoms with E-state index in [1.807, 2.05) is 0 Å². The Kier molecular flexibility index (Phi) is 1.53. The SMILES string of the molecule is CC1=c2c(C)cc(F)c(F)c2=C1F. The first kappa shape index (κ1) is 8.35. The Labute approximate surface area is 73.0 Å². The van der Waals surface area contributed by atoms with E-state index in [0.717, 1.165) is 6.07 Å². The van der Waals surface area contributed by atoms with Gasteiger partial charge in [0.05, 0.1) is 5.22 Å². The quantitative estimate of drug-likeness (QED) is 0.573. The van der Waals surface area contributed by atoms with Crippen LogP contribution in [0.3, 0.4) is 0 Å². The van der Waals surface area contributed by atoms with Gasteiger partial charge in [-0.25, -0.2) is 13.2 Å². The molecule has 0 nitrogen and oxygen atoms in total. The van der Waals surface area contributed by atoms with Gasteiger partial charge < -0.3 is 0 Å². The van der Waals surface area contributed by atoms with Crippen molar-refractivity contribution in [1.29, 1.82) is 0 Å². The summed E-state index contributed by atoms with van der Waals surface area (Å²) >= 11 is 0. The number of benzene rings is 1. The molecule has 1 aromatic carbocycles. The first-order valence-electron chi connectivity index (χ1n) is 3.89. The molecule has 0 saturated heterocycles. The highest BCUT2D eigenvalue weighted by molar-refractivity contribution is 5.88. The molecule has 0 fully saturated rings. The molecule has 0 bridgehead atoms. The Morgan fingerprint density at radius 1 is 1.00 bits per heavy atom. The summed E-state index contributed by atoms with van der Waals surface area (Å²) in [5, 5.41) is 0.311. The van der Waals surface area contributed by atoms with Crippen molar-refractivity contribution in [1.82, 2.24) is 0 Å². The van der Waals surface area contributed by atoms with Gasteiger partial charge in [0, 0.05) is 0 Å². The molecule has 0 unspecified atom stereocenters. The van der Waals surface area contributed by atoms with Gasteiger partial charge in [0.2, 0.25) is 0 Å². The zero-order valence-corrected chi connectivity index (χ0v) is 7.21. The van der Waals surface area contributed by atoms with Gasteiger partial charge in [-0.15, -0.1) is 0 Å². The van der Waals surface area contributed by atoms with Crippen LogP contribution in [0.15, 0.2) is 6.07 Å². The van der Waals surface area contributed by atoms with Gasteiger partial charge in [0.1, 0.15) is 5.83 Å². The van der Waals surface area contributed by atoms with Crippen molar-refractivity contribution in [3.05, 3.63) is 33.7 Å². The Morgan fingerprint density at radius 2 is 1.62 bits per heavy atom. The lowest BCUT2D eigenvalue weighted by atomic mass is 9.95. The average Bonchev–Trinajstić information content (AvgIpc) is 2.09. The number of hydrogen-bond acceptors (Lipinski definition) is 0. The largest absolute Gasteiger partial charge is 0.206 e. The summed E-state index contributed by atoms with van der Waals surface area (Å²) in [4.78, 5) is 0. The average molecular weight is 184 g/mol. The van der Waals surface area contributed by atoms with E-state index in [0.29, 0.717) is 16.4 Å². The number of aryl methyl sites for hydroxylation is 1. The minimum Gasteiger partial charge on any atom is -0.206 e. The monoisotopic (exact) mass is 184 g/mol. The van der Waals surface area contributed by atoms with Gasteiger partial charge in [-0.2, -0.15) is 0 Å². The van der Waals surface area contributed by atoms with Crippen LogP contribution in [0.1, 0.15) is 12.5 Å². The fourth-order valence-corrected chi connectivity index (χ4v) is 1.68. The van der Waals surface area contributed by atoms with Crippen LogP contribution in [0.4, 0.5) is 13.2 Å². The van der Waals surface area contributed by atoms with E-state index >= 15 is 0 Å². The summed E-state index contributed by atoms with van der Waals surface area (Å²) in [7, 11) is 0. The van der Waals surface area contributed by atoms with E-state index in [1.165, 1.54) is 0 Å². The minimum absolute atomic E-state index is 0.199. The molecule has 0 atom stereocenters. The molecule has 1 aromatic rings. The van der Waals surface area contributed by atoms with E-state index in [4.69, 9.17) is 0 Å². The Balaban J connectivity index is 3.02. The lowest BCUT2D eigenvalue weighted by Crippen LogP contribution is -2.42. The maximum Gasteiger partial charge on any atom is 0.169 e. The highest BCUT2D eigenvalue weighted by Gasteiger charge is 2.20. The van der Waals surface area contributed by atoms with Crippen molar-refractivity contribution in [2.75, 3.05) is 0 Å². The van der Waals surface area contributed by atoms with Crippen LogP contribution in [0.2, 0.25) is 0 Å². The molecular weight excluding hydrogens is 177 g/mol. The topological polar surface area (TPSA) is 0 Å². The molecule has 68 valence electrons. The summed E-state index contributed by atoms with van der Waals surface area (Å²) in [6.45, 7) is 3.19. The molecule has 0 heterocycles. The fraction of sp³-hybridized carbons (Fsp3) is 0.200. The second-order valence-electron chi connectivity index (χ2n) is 3.18. The second-order valence-corrected chi connectivity index (χ2v) is 3.18. The van der Waals surface area contributed by atoms with E-state index in [1.54, 1.807) is 13.8 Å². The molecule has 1 aliphatic rings. The first-order valence-corrected chi connectivity index (χ1v) is 3.89. The molecule has 13 heavy (non-hydrogen) atoms. The van der Waals surface area contributed by atoms with E-state index in [9.17, 15) is 13.2 Å². The summed E-state index contributed by atoms with van der Waals surface area (Å²) in [6, 6.07) is 1.09.